The third-order valence-electron chi connectivity index (χ3n) is 6.11. The second-order valence-corrected chi connectivity index (χ2v) is 6.90. The van der Waals surface area contributed by atoms with Gasteiger partial charge in [0.25, 0.3) is 0 Å². The van der Waals surface area contributed by atoms with Crippen LogP contribution in [0.2, 0.25) is 0 Å². The van der Waals surface area contributed by atoms with Gasteiger partial charge in [-0.1, -0.05) is 13.8 Å². The number of carbonyl (C=O) groups excluding carboxylic acids is 1. The van der Waals surface area contributed by atoms with E-state index in [4.69, 9.17) is 4.74 Å². The minimum absolute atomic E-state index is 0.0566. The van der Waals surface area contributed by atoms with Crippen molar-refractivity contribution in [1.29, 1.82) is 0 Å². The molecule has 0 saturated heterocycles. The lowest BCUT2D eigenvalue weighted by atomic mass is 9.84. The standard InChI is InChI=1S/C15H20O3/c1-7-5-10-12-8(14(17)18-10)3-4-9-13(11(7)12)15(9,2)6-16/h7,9-11,13,16H,3-6H2,1-2H3/t7-,9-,10+,11-,13-,15+/m1/s1. The molecule has 6 atom stereocenters. The van der Waals surface area contributed by atoms with Crippen LogP contribution >= 0.6 is 0 Å². The van der Waals surface area contributed by atoms with Crippen LogP contribution in [0.5, 0.6) is 0 Å². The lowest BCUT2D eigenvalue weighted by molar-refractivity contribution is -0.140. The summed E-state index contributed by atoms with van der Waals surface area (Å²) in [5.74, 6) is 2.20. The highest BCUT2D eigenvalue weighted by Gasteiger charge is 2.68. The van der Waals surface area contributed by atoms with Crippen LogP contribution in [0.25, 0.3) is 0 Å². The van der Waals surface area contributed by atoms with Gasteiger partial charge in [-0.15, -0.1) is 0 Å². The van der Waals surface area contributed by atoms with Crippen molar-refractivity contribution in [2.45, 2.75) is 39.2 Å². The van der Waals surface area contributed by atoms with Crippen LogP contribution in [-0.4, -0.2) is 23.8 Å². The van der Waals surface area contributed by atoms with Crippen LogP contribution in [0.3, 0.4) is 0 Å². The van der Waals surface area contributed by atoms with Gasteiger partial charge in [0.05, 0.1) is 0 Å². The van der Waals surface area contributed by atoms with E-state index in [0.29, 0.717) is 23.7 Å². The third-order valence-corrected chi connectivity index (χ3v) is 6.11. The van der Waals surface area contributed by atoms with Crippen LogP contribution in [0.15, 0.2) is 11.1 Å². The van der Waals surface area contributed by atoms with Crippen LogP contribution in [0.1, 0.15) is 33.1 Å². The fourth-order valence-corrected chi connectivity index (χ4v) is 5.14. The summed E-state index contributed by atoms with van der Waals surface area (Å²) in [6.45, 7) is 4.78. The second-order valence-electron chi connectivity index (χ2n) is 6.90. The molecule has 3 aliphatic carbocycles. The van der Waals surface area contributed by atoms with E-state index in [-0.39, 0.29) is 24.1 Å². The average Bonchev–Trinajstić information content (AvgIpc) is 2.73. The molecule has 18 heavy (non-hydrogen) atoms. The fraction of sp³-hybridized carbons (Fsp3) is 0.800. The number of aliphatic hydroxyl groups excluding tert-OH is 1. The first-order valence-electron chi connectivity index (χ1n) is 7.12. The number of carbonyl (C=O) groups is 1. The van der Waals surface area contributed by atoms with Crippen molar-refractivity contribution in [3.8, 4) is 0 Å². The monoisotopic (exact) mass is 248 g/mol. The quantitative estimate of drug-likeness (QED) is 0.721. The van der Waals surface area contributed by atoms with Gasteiger partial charge in [0, 0.05) is 12.2 Å². The van der Waals surface area contributed by atoms with E-state index >= 15 is 0 Å². The highest BCUT2D eigenvalue weighted by molar-refractivity contribution is 5.93. The zero-order valence-corrected chi connectivity index (χ0v) is 11.0. The van der Waals surface area contributed by atoms with E-state index in [1.165, 1.54) is 5.57 Å². The minimum atomic E-state index is -0.0566. The highest BCUT2D eigenvalue weighted by atomic mass is 16.5. The van der Waals surface area contributed by atoms with Crippen molar-refractivity contribution in [2.24, 2.45) is 29.1 Å². The fourth-order valence-electron chi connectivity index (χ4n) is 5.14. The Kier molecular flexibility index (Phi) is 1.95. The first-order valence-corrected chi connectivity index (χ1v) is 7.12. The zero-order valence-electron chi connectivity index (χ0n) is 11.0. The summed E-state index contributed by atoms with van der Waals surface area (Å²) in [5.41, 5.74) is 2.40. The molecule has 0 aromatic carbocycles. The number of ether oxygens (including phenoxy) is 1. The Morgan fingerprint density at radius 1 is 1.50 bits per heavy atom. The molecule has 98 valence electrons. The Balaban J connectivity index is 1.80. The van der Waals surface area contributed by atoms with Crippen molar-refractivity contribution in [3.05, 3.63) is 11.1 Å². The summed E-state index contributed by atoms with van der Waals surface area (Å²) in [6, 6.07) is 0. The maximum atomic E-state index is 11.9. The maximum absolute atomic E-state index is 11.9. The van der Waals surface area contributed by atoms with Gasteiger partial charge in [0.1, 0.15) is 6.10 Å². The first-order chi connectivity index (χ1) is 8.58. The summed E-state index contributed by atoms with van der Waals surface area (Å²) in [5, 5.41) is 9.68. The molecular weight excluding hydrogens is 228 g/mol. The van der Waals surface area contributed by atoms with Gasteiger partial charge in [-0.3, -0.25) is 0 Å². The van der Waals surface area contributed by atoms with Gasteiger partial charge in [0.15, 0.2) is 0 Å². The largest absolute Gasteiger partial charge is 0.454 e. The Bertz CT molecular complexity index is 466. The molecule has 4 aliphatic rings. The molecule has 0 unspecified atom stereocenters. The van der Waals surface area contributed by atoms with E-state index in [0.717, 1.165) is 24.8 Å². The smallest absolute Gasteiger partial charge is 0.334 e. The van der Waals surface area contributed by atoms with Crippen molar-refractivity contribution in [3.63, 3.8) is 0 Å². The Morgan fingerprint density at radius 2 is 2.28 bits per heavy atom. The maximum Gasteiger partial charge on any atom is 0.334 e. The van der Waals surface area contributed by atoms with Gasteiger partial charge in [0.2, 0.25) is 0 Å². The average molecular weight is 248 g/mol. The van der Waals surface area contributed by atoms with Crippen molar-refractivity contribution < 1.29 is 14.6 Å². The molecule has 0 radical (unpaired) electrons. The van der Waals surface area contributed by atoms with Crippen molar-refractivity contribution in [2.75, 3.05) is 6.61 Å². The van der Waals surface area contributed by atoms with Crippen LogP contribution in [0, 0.1) is 29.1 Å². The van der Waals surface area contributed by atoms with E-state index < -0.39 is 0 Å². The molecule has 3 nitrogen and oxygen atoms in total. The second kappa shape index (κ2) is 3.19. The SMILES string of the molecule is C[C@@H]1C[C@@H]2OC(=O)C3=C2[C@@H]1[C@H]1[C@@H](CC3)[C@]1(C)CO. The van der Waals surface area contributed by atoms with E-state index in [2.05, 4.69) is 13.8 Å². The molecule has 0 spiro atoms. The molecule has 4 rings (SSSR count). The summed E-state index contributed by atoms with van der Waals surface area (Å²) in [4.78, 5) is 11.9. The Hall–Kier alpha value is -0.830. The molecule has 2 saturated carbocycles. The molecular formula is C15H20O3. The van der Waals surface area contributed by atoms with E-state index in [9.17, 15) is 9.90 Å². The van der Waals surface area contributed by atoms with Gasteiger partial charge >= 0.3 is 5.97 Å². The van der Waals surface area contributed by atoms with Gasteiger partial charge in [-0.25, -0.2) is 4.79 Å². The highest BCUT2D eigenvalue weighted by Crippen LogP contribution is 2.70. The normalized spacial score (nSPS) is 52.8. The summed E-state index contributed by atoms with van der Waals surface area (Å²) in [6.07, 6.45) is 2.96. The van der Waals surface area contributed by atoms with Gasteiger partial charge in [-0.05, 0) is 53.9 Å². The Labute approximate surface area is 107 Å². The molecule has 0 aromatic rings. The lowest BCUT2D eigenvalue weighted by Crippen LogP contribution is -2.17. The molecule has 2 fully saturated rings. The van der Waals surface area contributed by atoms with Crippen molar-refractivity contribution >= 4 is 5.97 Å². The predicted molar refractivity (Wildman–Crippen MR) is 65.6 cm³/mol. The van der Waals surface area contributed by atoms with Crippen LogP contribution in [0.4, 0.5) is 0 Å². The first kappa shape index (κ1) is 11.0. The van der Waals surface area contributed by atoms with E-state index in [1.54, 1.807) is 0 Å². The van der Waals surface area contributed by atoms with Gasteiger partial charge in [-0.2, -0.15) is 0 Å². The number of esters is 1. The van der Waals surface area contributed by atoms with Crippen LogP contribution in [-0.2, 0) is 9.53 Å². The number of aliphatic hydroxyl groups is 1. The minimum Gasteiger partial charge on any atom is -0.454 e. The van der Waals surface area contributed by atoms with Crippen molar-refractivity contribution in [1.82, 2.24) is 0 Å². The Morgan fingerprint density at radius 3 is 3.00 bits per heavy atom. The lowest BCUT2D eigenvalue weighted by Gasteiger charge is -2.19. The van der Waals surface area contributed by atoms with Crippen LogP contribution < -0.4 is 0 Å². The predicted octanol–water partition coefficient (Wildman–Crippen LogP) is 1.90. The molecule has 3 heteroatoms. The molecule has 0 bridgehead atoms. The summed E-state index contributed by atoms with van der Waals surface area (Å²) >= 11 is 0. The zero-order chi connectivity index (χ0) is 12.7. The molecule has 1 aliphatic heterocycles. The molecule has 0 aromatic heterocycles. The summed E-state index contributed by atoms with van der Waals surface area (Å²) < 4.78 is 5.52. The third kappa shape index (κ3) is 1.08. The molecule has 1 heterocycles. The summed E-state index contributed by atoms with van der Waals surface area (Å²) in [7, 11) is 0. The number of fused-ring (bicyclic) bond motifs is 2. The molecule has 1 N–H and O–H groups in total. The van der Waals surface area contributed by atoms with E-state index in [1.807, 2.05) is 0 Å². The van der Waals surface area contributed by atoms with Gasteiger partial charge < -0.3 is 9.84 Å². The number of rotatable bonds is 1. The number of hydrogen-bond donors (Lipinski definition) is 1. The molecule has 0 amide bonds. The topological polar surface area (TPSA) is 46.5 Å². The number of hydrogen-bond acceptors (Lipinski definition) is 3.